The number of halogens is 1. The van der Waals surface area contributed by atoms with E-state index in [0.29, 0.717) is 49.0 Å². The number of rotatable bonds is 8. The first-order chi connectivity index (χ1) is 18.5. The van der Waals surface area contributed by atoms with Gasteiger partial charge in [0.2, 0.25) is 0 Å². The highest BCUT2D eigenvalue weighted by atomic mass is 35.5. The molecule has 6 nitrogen and oxygen atoms in total. The molecule has 0 aromatic heterocycles. The number of carbonyl (C=O) groups excluding carboxylic acids is 1. The van der Waals surface area contributed by atoms with Gasteiger partial charge in [0.05, 0.1) is 19.3 Å². The first kappa shape index (κ1) is 26.4. The van der Waals surface area contributed by atoms with Crippen LogP contribution in [-0.4, -0.2) is 38.4 Å². The number of ether oxygens (including phenoxy) is 4. The van der Waals surface area contributed by atoms with Crippen molar-refractivity contribution in [3.05, 3.63) is 88.9 Å². The van der Waals surface area contributed by atoms with Crippen LogP contribution in [-0.2, 0) is 9.53 Å². The lowest BCUT2D eigenvalue weighted by molar-refractivity contribution is -0.123. The van der Waals surface area contributed by atoms with Crippen LogP contribution >= 0.6 is 11.6 Å². The Morgan fingerprint density at radius 1 is 1.00 bits per heavy atom. The molecule has 200 valence electrons. The second-order valence-electron chi connectivity index (χ2n) is 10.3. The predicted octanol–water partition coefficient (Wildman–Crippen LogP) is 6.19. The summed E-state index contributed by atoms with van der Waals surface area (Å²) in [4.78, 5) is 12.5. The standard InChI is InChI=1S/C31H34ClNO5/c1-20(2)27-15-23(21-10-12-24(32)13-11-21)17-37-31(27)22-6-5-7-25(14-22)35-19-30(34)33-16-26-18-36-28-8-3-4-9-29(28)38-26/h3-14,20,23,26-27,31H,15-19H2,1-2H3,(H,33,34)/t23-,26-,27-,31-/m0/s1. The smallest absolute Gasteiger partial charge is 0.258 e. The fourth-order valence-corrected chi connectivity index (χ4v) is 5.29. The van der Waals surface area contributed by atoms with E-state index in [1.165, 1.54) is 5.56 Å². The molecule has 0 aliphatic carbocycles. The Hall–Kier alpha value is -3.22. The summed E-state index contributed by atoms with van der Waals surface area (Å²) in [5.74, 6) is 2.99. The van der Waals surface area contributed by atoms with Gasteiger partial charge in [-0.05, 0) is 65.8 Å². The molecule has 0 spiro atoms. The molecular formula is C31H34ClNO5. The van der Waals surface area contributed by atoms with Crippen molar-refractivity contribution >= 4 is 17.5 Å². The average molecular weight is 536 g/mol. The molecule has 0 saturated carbocycles. The van der Waals surface area contributed by atoms with E-state index in [1.54, 1.807) is 0 Å². The Balaban J connectivity index is 1.14. The third kappa shape index (κ3) is 6.43. The number of para-hydroxylation sites is 2. The summed E-state index contributed by atoms with van der Waals surface area (Å²) in [6, 6.07) is 23.5. The van der Waals surface area contributed by atoms with Crippen LogP contribution in [0.25, 0.3) is 0 Å². The number of amides is 1. The molecule has 1 N–H and O–H groups in total. The summed E-state index contributed by atoms with van der Waals surface area (Å²) in [7, 11) is 0. The molecule has 0 bridgehead atoms. The number of hydrogen-bond acceptors (Lipinski definition) is 5. The zero-order valence-electron chi connectivity index (χ0n) is 21.8. The average Bonchev–Trinajstić information content (AvgIpc) is 2.95. The number of nitrogens with one attached hydrogen (secondary N) is 1. The topological polar surface area (TPSA) is 66.0 Å². The Labute approximate surface area is 229 Å². The minimum Gasteiger partial charge on any atom is -0.486 e. The second-order valence-corrected chi connectivity index (χ2v) is 10.7. The third-order valence-corrected chi connectivity index (χ3v) is 7.52. The van der Waals surface area contributed by atoms with Crippen LogP contribution in [0.2, 0.25) is 5.02 Å². The van der Waals surface area contributed by atoms with E-state index in [4.69, 9.17) is 30.5 Å². The maximum atomic E-state index is 12.5. The molecule has 2 aliphatic heterocycles. The van der Waals surface area contributed by atoms with Crippen molar-refractivity contribution in [1.29, 1.82) is 0 Å². The van der Waals surface area contributed by atoms with Crippen molar-refractivity contribution in [2.75, 3.05) is 26.4 Å². The van der Waals surface area contributed by atoms with E-state index in [9.17, 15) is 4.79 Å². The maximum Gasteiger partial charge on any atom is 0.258 e. The van der Waals surface area contributed by atoms with Crippen molar-refractivity contribution in [1.82, 2.24) is 5.32 Å². The van der Waals surface area contributed by atoms with Crippen LogP contribution < -0.4 is 19.5 Å². The normalized spacial score (nSPS) is 22.6. The third-order valence-electron chi connectivity index (χ3n) is 7.27. The molecule has 1 amide bonds. The Kier molecular flexibility index (Phi) is 8.40. The first-order valence-corrected chi connectivity index (χ1v) is 13.6. The molecule has 4 atom stereocenters. The SMILES string of the molecule is CC(C)[C@@H]1C[C@H](c2ccc(Cl)cc2)CO[C@H]1c1cccc(OCC(=O)NC[C@H]2COc3ccccc3O2)c1. The predicted molar refractivity (Wildman–Crippen MR) is 147 cm³/mol. The van der Waals surface area contributed by atoms with E-state index >= 15 is 0 Å². The summed E-state index contributed by atoms with van der Waals surface area (Å²) < 4.78 is 23.9. The lowest BCUT2D eigenvalue weighted by Gasteiger charge is -2.39. The largest absolute Gasteiger partial charge is 0.486 e. The summed E-state index contributed by atoms with van der Waals surface area (Å²) in [6.07, 6.45) is 0.766. The molecule has 0 unspecified atom stereocenters. The lowest BCUT2D eigenvalue weighted by Crippen LogP contribution is -2.42. The monoisotopic (exact) mass is 535 g/mol. The van der Waals surface area contributed by atoms with Crippen LogP contribution in [0, 0.1) is 11.8 Å². The van der Waals surface area contributed by atoms with Crippen LogP contribution in [0.5, 0.6) is 17.2 Å². The molecule has 38 heavy (non-hydrogen) atoms. The lowest BCUT2D eigenvalue weighted by atomic mass is 9.76. The highest BCUT2D eigenvalue weighted by Crippen LogP contribution is 2.44. The minimum atomic E-state index is -0.245. The van der Waals surface area contributed by atoms with Crippen LogP contribution in [0.3, 0.4) is 0 Å². The van der Waals surface area contributed by atoms with E-state index < -0.39 is 0 Å². The second kappa shape index (κ2) is 12.1. The van der Waals surface area contributed by atoms with E-state index in [1.807, 2.05) is 54.6 Å². The van der Waals surface area contributed by atoms with Gasteiger partial charge in [-0.3, -0.25) is 4.79 Å². The van der Waals surface area contributed by atoms with Crippen LogP contribution in [0.1, 0.15) is 43.4 Å². The van der Waals surface area contributed by atoms with Gasteiger partial charge >= 0.3 is 0 Å². The summed E-state index contributed by atoms with van der Waals surface area (Å²) in [5, 5.41) is 3.62. The quantitative estimate of drug-likeness (QED) is 0.372. The fourth-order valence-electron chi connectivity index (χ4n) is 5.17. The summed E-state index contributed by atoms with van der Waals surface area (Å²) in [5.41, 5.74) is 2.33. The van der Waals surface area contributed by atoms with Crippen LogP contribution in [0.15, 0.2) is 72.8 Å². The Morgan fingerprint density at radius 3 is 2.58 bits per heavy atom. The number of hydrogen-bond donors (Lipinski definition) is 1. The number of fused-ring (bicyclic) bond motifs is 1. The fraction of sp³-hybridized carbons (Fsp3) is 0.387. The van der Waals surface area contributed by atoms with Gasteiger partial charge in [-0.2, -0.15) is 0 Å². The molecule has 0 radical (unpaired) electrons. The first-order valence-electron chi connectivity index (χ1n) is 13.2. The van der Waals surface area contributed by atoms with Crippen molar-refractivity contribution in [3.63, 3.8) is 0 Å². The van der Waals surface area contributed by atoms with Gasteiger partial charge in [-0.15, -0.1) is 0 Å². The highest BCUT2D eigenvalue weighted by molar-refractivity contribution is 6.30. The molecule has 3 aromatic carbocycles. The summed E-state index contributed by atoms with van der Waals surface area (Å²) in [6.45, 7) is 5.80. The van der Waals surface area contributed by atoms with Gasteiger partial charge in [0.1, 0.15) is 18.5 Å². The molecule has 7 heteroatoms. The molecule has 5 rings (SSSR count). The van der Waals surface area contributed by atoms with Gasteiger partial charge in [-0.1, -0.05) is 61.8 Å². The minimum absolute atomic E-state index is 0.0257. The van der Waals surface area contributed by atoms with Crippen molar-refractivity contribution in [3.8, 4) is 17.2 Å². The zero-order valence-corrected chi connectivity index (χ0v) is 22.5. The molecule has 1 saturated heterocycles. The van der Waals surface area contributed by atoms with E-state index in [2.05, 4.69) is 37.4 Å². The molecule has 3 aromatic rings. The Bertz CT molecular complexity index is 1230. The number of carbonyl (C=O) groups is 1. The van der Waals surface area contributed by atoms with Gasteiger partial charge < -0.3 is 24.3 Å². The van der Waals surface area contributed by atoms with E-state index in [0.717, 1.165) is 22.8 Å². The van der Waals surface area contributed by atoms with Gasteiger partial charge in [0.15, 0.2) is 18.1 Å². The van der Waals surface area contributed by atoms with Crippen molar-refractivity contribution in [2.24, 2.45) is 11.8 Å². The number of benzene rings is 3. The molecular weight excluding hydrogens is 502 g/mol. The van der Waals surface area contributed by atoms with Crippen LogP contribution in [0.4, 0.5) is 0 Å². The zero-order chi connectivity index (χ0) is 26.5. The van der Waals surface area contributed by atoms with Crippen molar-refractivity contribution in [2.45, 2.75) is 38.4 Å². The highest BCUT2D eigenvalue weighted by Gasteiger charge is 2.35. The summed E-state index contributed by atoms with van der Waals surface area (Å²) >= 11 is 6.08. The molecule has 1 fully saturated rings. The Morgan fingerprint density at radius 2 is 1.79 bits per heavy atom. The molecule has 2 heterocycles. The van der Waals surface area contributed by atoms with Gasteiger partial charge in [0, 0.05) is 10.9 Å². The van der Waals surface area contributed by atoms with E-state index in [-0.39, 0.29) is 24.7 Å². The van der Waals surface area contributed by atoms with Crippen molar-refractivity contribution < 1.29 is 23.7 Å². The van der Waals surface area contributed by atoms with Gasteiger partial charge in [-0.25, -0.2) is 0 Å². The molecule has 2 aliphatic rings. The maximum absolute atomic E-state index is 12.5. The van der Waals surface area contributed by atoms with Gasteiger partial charge in [0.25, 0.3) is 5.91 Å².